The van der Waals surface area contributed by atoms with Gasteiger partial charge in [0.25, 0.3) is 0 Å². The number of aromatic nitrogens is 2. The zero-order valence-corrected chi connectivity index (χ0v) is 12.7. The first-order valence-corrected chi connectivity index (χ1v) is 6.84. The molecule has 2 aromatic rings. The second-order valence-electron chi connectivity index (χ2n) is 6.06. The second-order valence-corrected chi connectivity index (χ2v) is 6.44. The molecule has 106 valence electrons. The van der Waals surface area contributed by atoms with Crippen molar-refractivity contribution >= 4 is 35.1 Å². The first kappa shape index (κ1) is 10.7. The van der Waals surface area contributed by atoms with Crippen molar-refractivity contribution in [3.05, 3.63) is 23.4 Å². The van der Waals surface area contributed by atoms with Gasteiger partial charge >= 0.3 is 7.12 Å². The molecule has 1 saturated heterocycles. The van der Waals surface area contributed by atoms with E-state index in [0.717, 1.165) is 4.68 Å². The molecule has 2 heterocycles. The molecule has 0 spiro atoms. The van der Waals surface area contributed by atoms with Crippen LogP contribution >= 0.6 is 11.6 Å². The van der Waals surface area contributed by atoms with Crippen LogP contribution in [-0.4, -0.2) is 28.1 Å². The number of nitrogens with zero attached hydrogens (tertiary/aromatic N) is 2. The minimum absolute atomic E-state index is 0.400. The lowest BCUT2D eigenvalue weighted by molar-refractivity contribution is 0.00578. The molecule has 6 heteroatoms. The molecule has 1 aliphatic heterocycles. The molecule has 20 heavy (non-hydrogen) atoms. The molecule has 4 nitrogen and oxygen atoms in total. The fraction of sp³-hybridized carbons (Fsp3) is 0.500. The van der Waals surface area contributed by atoms with Crippen molar-refractivity contribution in [3.63, 3.8) is 0 Å². The molecular formula is C14H18BClN2O2. The van der Waals surface area contributed by atoms with Gasteiger partial charge in [0.15, 0.2) is 0 Å². The van der Waals surface area contributed by atoms with Gasteiger partial charge in [0.05, 0.1) is 21.7 Å². The topological polar surface area (TPSA) is 36.3 Å². The van der Waals surface area contributed by atoms with Gasteiger partial charge in [0.1, 0.15) is 0 Å². The van der Waals surface area contributed by atoms with Gasteiger partial charge in [-0.2, -0.15) is 5.10 Å². The molecule has 1 aromatic heterocycles. The van der Waals surface area contributed by atoms with Crippen LogP contribution in [0.15, 0.2) is 18.3 Å². The van der Waals surface area contributed by atoms with E-state index in [1.807, 2.05) is 27.7 Å². The summed E-state index contributed by atoms with van der Waals surface area (Å²) in [6, 6.07) is 3.49. The SMILES string of the molecule is [2H]C([2H])([2H])n1cc2c(Cl)c(B3OC(C)(C)C(C)(C)O3)ccc2n1. The molecule has 3 rings (SSSR count). The molecule has 0 N–H and O–H groups in total. The van der Waals surface area contributed by atoms with E-state index in [-0.39, 0.29) is 0 Å². The van der Waals surface area contributed by atoms with Crippen molar-refractivity contribution in [2.24, 2.45) is 6.98 Å². The lowest BCUT2D eigenvalue weighted by Gasteiger charge is -2.32. The molecule has 0 atom stereocenters. The van der Waals surface area contributed by atoms with Crippen LogP contribution in [0.2, 0.25) is 5.02 Å². The van der Waals surface area contributed by atoms with Crippen molar-refractivity contribution < 1.29 is 13.4 Å². The molecule has 0 aliphatic carbocycles. The Labute approximate surface area is 128 Å². The summed E-state index contributed by atoms with van der Waals surface area (Å²) < 4.78 is 35.3. The van der Waals surface area contributed by atoms with Crippen LogP contribution in [0.4, 0.5) is 0 Å². The predicted molar refractivity (Wildman–Crippen MR) is 81.4 cm³/mol. The minimum Gasteiger partial charge on any atom is -0.399 e. The third-order valence-corrected chi connectivity index (χ3v) is 4.58. The van der Waals surface area contributed by atoms with Gasteiger partial charge in [0.2, 0.25) is 0 Å². The highest BCUT2D eigenvalue weighted by atomic mass is 35.5. The van der Waals surface area contributed by atoms with Crippen LogP contribution in [0.5, 0.6) is 0 Å². The van der Waals surface area contributed by atoms with E-state index >= 15 is 0 Å². The van der Waals surface area contributed by atoms with Gasteiger partial charge in [-0.25, -0.2) is 0 Å². The Morgan fingerprint density at radius 1 is 1.25 bits per heavy atom. The molecule has 0 saturated carbocycles. The summed E-state index contributed by atoms with van der Waals surface area (Å²) in [5, 5.41) is 5.02. The molecule has 0 bridgehead atoms. The summed E-state index contributed by atoms with van der Waals surface area (Å²) in [4.78, 5) is 0. The molecular weight excluding hydrogens is 274 g/mol. The van der Waals surface area contributed by atoms with E-state index in [2.05, 4.69) is 5.10 Å². The van der Waals surface area contributed by atoms with Crippen LogP contribution in [0.3, 0.4) is 0 Å². The quantitative estimate of drug-likeness (QED) is 0.759. The summed E-state index contributed by atoms with van der Waals surface area (Å²) in [5.74, 6) is 0. The molecule has 0 amide bonds. The van der Waals surface area contributed by atoms with E-state index in [1.165, 1.54) is 6.20 Å². The highest BCUT2D eigenvalue weighted by Crippen LogP contribution is 2.37. The maximum atomic E-state index is 7.44. The Hall–Kier alpha value is -1.04. The monoisotopic (exact) mass is 295 g/mol. The Kier molecular flexibility index (Phi) is 2.25. The van der Waals surface area contributed by atoms with E-state index in [1.54, 1.807) is 12.1 Å². The van der Waals surface area contributed by atoms with Crippen LogP contribution in [0, 0.1) is 0 Å². The average Bonchev–Trinajstić information content (AvgIpc) is 2.89. The lowest BCUT2D eigenvalue weighted by atomic mass is 9.78. The van der Waals surface area contributed by atoms with Crippen molar-refractivity contribution in [2.45, 2.75) is 38.9 Å². The Morgan fingerprint density at radius 3 is 2.50 bits per heavy atom. The van der Waals surface area contributed by atoms with Gasteiger partial charge in [-0.05, 0) is 33.8 Å². The smallest absolute Gasteiger partial charge is 0.399 e. The largest absolute Gasteiger partial charge is 0.496 e. The van der Waals surface area contributed by atoms with Gasteiger partial charge in [-0.1, -0.05) is 17.7 Å². The Bertz CT molecular complexity index is 757. The van der Waals surface area contributed by atoms with Crippen molar-refractivity contribution in [1.82, 2.24) is 9.78 Å². The van der Waals surface area contributed by atoms with E-state index in [0.29, 0.717) is 21.4 Å². The minimum atomic E-state index is -2.34. The second kappa shape index (κ2) is 4.23. The zero-order valence-electron chi connectivity index (χ0n) is 14.9. The van der Waals surface area contributed by atoms with E-state index < -0.39 is 25.3 Å². The normalized spacial score (nSPS) is 23.6. The summed E-state index contributed by atoms with van der Waals surface area (Å²) >= 11 is 6.47. The van der Waals surface area contributed by atoms with Crippen molar-refractivity contribution in [2.75, 3.05) is 0 Å². The van der Waals surface area contributed by atoms with Crippen LogP contribution < -0.4 is 5.46 Å². The summed E-state index contributed by atoms with van der Waals surface area (Å²) in [6.45, 7) is 5.52. The first-order chi connectivity index (χ1) is 10.4. The zero-order chi connectivity index (χ0) is 17.2. The number of benzene rings is 1. The fourth-order valence-corrected chi connectivity index (χ4v) is 2.53. The highest BCUT2D eigenvalue weighted by Gasteiger charge is 2.52. The Balaban J connectivity index is 2.05. The van der Waals surface area contributed by atoms with Gasteiger partial charge in [0, 0.05) is 28.1 Å². The van der Waals surface area contributed by atoms with Gasteiger partial charge in [-0.15, -0.1) is 0 Å². The van der Waals surface area contributed by atoms with E-state index in [4.69, 9.17) is 25.0 Å². The Morgan fingerprint density at radius 2 is 1.90 bits per heavy atom. The molecule has 1 aromatic carbocycles. The summed E-state index contributed by atoms with van der Waals surface area (Å²) in [7, 11) is -0.604. The number of rotatable bonds is 1. The van der Waals surface area contributed by atoms with Crippen LogP contribution in [0.25, 0.3) is 10.9 Å². The fourth-order valence-electron chi connectivity index (χ4n) is 2.23. The number of aryl methyl sites for hydroxylation is 1. The standard InChI is InChI=1S/C14H18BClN2O2/c1-13(2)14(3,4)20-15(19-13)10-6-7-11-9(12(10)16)8-18(5)17-11/h6-8H,1-5H3/i5D3. The number of halogens is 1. The maximum Gasteiger partial charge on any atom is 0.496 e. The number of fused-ring (bicyclic) bond motifs is 1. The van der Waals surface area contributed by atoms with Crippen LogP contribution in [-0.2, 0) is 16.3 Å². The van der Waals surface area contributed by atoms with Crippen molar-refractivity contribution in [1.29, 1.82) is 0 Å². The third-order valence-electron chi connectivity index (χ3n) is 4.16. The summed E-state index contributed by atoms with van der Waals surface area (Å²) in [6.07, 6.45) is 1.43. The van der Waals surface area contributed by atoms with Gasteiger partial charge in [-0.3, -0.25) is 4.68 Å². The van der Waals surface area contributed by atoms with Gasteiger partial charge < -0.3 is 9.31 Å². The number of hydrogen-bond acceptors (Lipinski definition) is 3. The first-order valence-electron chi connectivity index (χ1n) is 7.96. The predicted octanol–water partition coefficient (Wildman–Crippen LogP) is 2.53. The molecule has 0 unspecified atom stereocenters. The highest BCUT2D eigenvalue weighted by molar-refractivity contribution is 6.66. The van der Waals surface area contributed by atoms with Crippen LogP contribution in [0.1, 0.15) is 31.8 Å². The summed E-state index contributed by atoms with van der Waals surface area (Å²) in [5.41, 5.74) is 0.242. The maximum absolute atomic E-state index is 7.44. The van der Waals surface area contributed by atoms with E-state index in [9.17, 15) is 0 Å². The third kappa shape index (κ3) is 1.96. The average molecular weight is 296 g/mol. The molecule has 0 radical (unpaired) electrons. The lowest BCUT2D eigenvalue weighted by Crippen LogP contribution is -2.41. The number of hydrogen-bond donors (Lipinski definition) is 0. The molecule has 1 aliphatic rings. The molecule has 1 fully saturated rings. The van der Waals surface area contributed by atoms with Crippen molar-refractivity contribution in [3.8, 4) is 0 Å².